The molecule has 0 aliphatic rings. The summed E-state index contributed by atoms with van der Waals surface area (Å²) in [6.45, 7) is 0. The van der Waals surface area contributed by atoms with Crippen molar-refractivity contribution in [3.05, 3.63) is 57.3 Å². The molecule has 26 heavy (non-hydrogen) atoms. The first kappa shape index (κ1) is 18.2. The lowest BCUT2D eigenvalue weighted by Gasteiger charge is -2.02. The monoisotopic (exact) mass is 392 g/mol. The van der Waals surface area contributed by atoms with E-state index in [1.807, 2.05) is 0 Å². The third-order valence-corrected chi connectivity index (χ3v) is 4.34. The summed E-state index contributed by atoms with van der Waals surface area (Å²) in [5.74, 6) is 0.660. The van der Waals surface area contributed by atoms with E-state index in [9.17, 15) is 9.59 Å². The first-order chi connectivity index (χ1) is 12.5. The largest absolute Gasteiger partial charge is 0.469 e. The minimum atomic E-state index is -0.469. The maximum absolute atomic E-state index is 11.7. The summed E-state index contributed by atoms with van der Waals surface area (Å²) in [6, 6.07) is 8.32. The number of methoxy groups -OCH3 is 1. The Morgan fingerprint density at radius 2 is 2.08 bits per heavy atom. The van der Waals surface area contributed by atoms with E-state index in [1.54, 1.807) is 24.3 Å². The fourth-order valence-electron chi connectivity index (χ4n) is 2.02. The van der Waals surface area contributed by atoms with Crippen LogP contribution in [0.4, 0.5) is 0 Å². The predicted octanol–water partition coefficient (Wildman–Crippen LogP) is 2.48. The Balaban J connectivity index is 1.68. The highest BCUT2D eigenvalue weighted by atomic mass is 35.5. The average molecular weight is 393 g/mol. The van der Waals surface area contributed by atoms with Crippen LogP contribution in [0.1, 0.15) is 11.6 Å². The van der Waals surface area contributed by atoms with Crippen LogP contribution in [0.3, 0.4) is 0 Å². The van der Waals surface area contributed by atoms with E-state index in [-0.39, 0.29) is 12.0 Å². The van der Waals surface area contributed by atoms with Gasteiger partial charge in [0.15, 0.2) is 5.16 Å². The molecule has 2 heterocycles. The van der Waals surface area contributed by atoms with Gasteiger partial charge in [-0.25, -0.2) is 4.98 Å². The number of aromatic nitrogens is 4. The van der Waals surface area contributed by atoms with Gasteiger partial charge in [-0.1, -0.05) is 28.5 Å². The topological polar surface area (TPSA) is 111 Å². The van der Waals surface area contributed by atoms with Crippen molar-refractivity contribution in [2.75, 3.05) is 7.11 Å². The molecule has 0 atom stereocenters. The number of rotatable bonds is 6. The standard InChI is InChI=1S/C16H13ClN4O4S/c1-24-14(23)7-11-6-12(22)19-16(18-11)26-8-13-20-15(21-25-13)9-2-4-10(17)5-3-9/h2-6H,7-8H2,1H3,(H,18,19,22). The smallest absolute Gasteiger partial charge is 0.311 e. The molecule has 10 heteroatoms. The number of nitrogens with one attached hydrogen (secondary N) is 1. The highest BCUT2D eigenvalue weighted by Gasteiger charge is 2.11. The first-order valence-corrected chi connectivity index (χ1v) is 8.78. The van der Waals surface area contributed by atoms with E-state index in [0.29, 0.717) is 33.3 Å². The molecule has 0 radical (unpaired) electrons. The van der Waals surface area contributed by atoms with Gasteiger partial charge < -0.3 is 14.2 Å². The molecule has 2 aromatic heterocycles. The van der Waals surface area contributed by atoms with Gasteiger partial charge in [0.05, 0.1) is 25.0 Å². The molecule has 1 aromatic carbocycles. The number of aromatic amines is 1. The summed E-state index contributed by atoms with van der Waals surface area (Å²) in [4.78, 5) is 34.1. The molecule has 0 bridgehead atoms. The molecule has 3 aromatic rings. The minimum absolute atomic E-state index is 0.0742. The van der Waals surface area contributed by atoms with Crippen molar-refractivity contribution in [1.82, 2.24) is 20.1 Å². The first-order valence-electron chi connectivity index (χ1n) is 7.42. The molecule has 0 fully saturated rings. The van der Waals surface area contributed by atoms with Crippen LogP contribution in [-0.4, -0.2) is 33.2 Å². The zero-order valence-electron chi connectivity index (χ0n) is 13.6. The molecule has 0 amide bonds. The SMILES string of the molecule is COC(=O)Cc1cc(=O)[nH]c(SCc2nc(-c3ccc(Cl)cc3)no2)n1. The second-order valence-corrected chi connectivity index (χ2v) is 6.50. The molecule has 8 nitrogen and oxygen atoms in total. The van der Waals surface area contributed by atoms with Crippen molar-refractivity contribution in [3.8, 4) is 11.4 Å². The van der Waals surface area contributed by atoms with Crippen LogP contribution in [0.5, 0.6) is 0 Å². The summed E-state index contributed by atoms with van der Waals surface area (Å²) in [7, 11) is 1.28. The van der Waals surface area contributed by atoms with Gasteiger partial charge >= 0.3 is 5.97 Å². The van der Waals surface area contributed by atoms with Gasteiger partial charge in [-0.3, -0.25) is 9.59 Å². The number of nitrogens with zero attached hydrogens (tertiary/aromatic N) is 3. The summed E-state index contributed by atoms with van der Waals surface area (Å²) in [5, 5.41) is 4.89. The Morgan fingerprint density at radius 3 is 2.81 bits per heavy atom. The Morgan fingerprint density at radius 1 is 1.31 bits per heavy atom. The summed E-state index contributed by atoms with van der Waals surface area (Å²) < 4.78 is 9.78. The third kappa shape index (κ3) is 4.70. The van der Waals surface area contributed by atoms with Crippen molar-refractivity contribution < 1.29 is 14.1 Å². The highest BCUT2D eigenvalue weighted by Crippen LogP contribution is 2.22. The maximum Gasteiger partial charge on any atom is 0.311 e. The van der Waals surface area contributed by atoms with Crippen molar-refractivity contribution in [3.63, 3.8) is 0 Å². The minimum Gasteiger partial charge on any atom is -0.469 e. The summed E-state index contributed by atoms with van der Waals surface area (Å²) in [5.41, 5.74) is 0.755. The van der Waals surface area contributed by atoms with Gasteiger partial charge in [-0.05, 0) is 24.3 Å². The number of ether oxygens (including phenoxy) is 1. The predicted molar refractivity (Wildman–Crippen MR) is 94.9 cm³/mol. The molecule has 0 spiro atoms. The summed E-state index contributed by atoms with van der Waals surface area (Å²) >= 11 is 7.07. The van der Waals surface area contributed by atoms with Crippen LogP contribution in [0, 0.1) is 0 Å². The molecule has 3 rings (SSSR count). The van der Waals surface area contributed by atoms with Crippen molar-refractivity contribution in [1.29, 1.82) is 0 Å². The molecule has 0 aliphatic heterocycles. The fourth-order valence-corrected chi connectivity index (χ4v) is 2.88. The number of esters is 1. The van der Waals surface area contributed by atoms with Crippen LogP contribution < -0.4 is 5.56 Å². The summed E-state index contributed by atoms with van der Waals surface area (Å²) in [6.07, 6.45) is -0.0742. The van der Waals surface area contributed by atoms with Crippen molar-refractivity contribution in [2.45, 2.75) is 17.3 Å². The lowest BCUT2D eigenvalue weighted by atomic mass is 10.2. The second kappa shape index (κ2) is 8.15. The number of carbonyl (C=O) groups excluding carboxylic acids is 1. The molecule has 0 saturated heterocycles. The molecular formula is C16H13ClN4O4S. The molecule has 0 unspecified atom stereocenters. The van der Waals surface area contributed by atoms with Crippen LogP contribution in [0.15, 0.2) is 44.8 Å². The number of hydrogen-bond donors (Lipinski definition) is 1. The number of hydrogen-bond acceptors (Lipinski definition) is 8. The van der Waals surface area contributed by atoms with E-state index >= 15 is 0 Å². The number of carbonyl (C=O) groups is 1. The quantitative estimate of drug-likeness (QED) is 0.387. The average Bonchev–Trinajstić information content (AvgIpc) is 3.09. The molecule has 0 aliphatic carbocycles. The highest BCUT2D eigenvalue weighted by molar-refractivity contribution is 7.98. The van der Waals surface area contributed by atoms with E-state index in [4.69, 9.17) is 16.1 Å². The zero-order chi connectivity index (χ0) is 18.5. The molecule has 134 valence electrons. The lowest BCUT2D eigenvalue weighted by molar-refractivity contribution is -0.139. The molecular weight excluding hydrogens is 380 g/mol. The third-order valence-electron chi connectivity index (χ3n) is 3.23. The number of thioether (sulfide) groups is 1. The number of benzene rings is 1. The number of halogens is 1. The number of H-pyrrole nitrogens is 1. The molecule has 1 N–H and O–H groups in total. The molecule has 0 saturated carbocycles. The Hall–Kier alpha value is -2.65. The van der Waals surface area contributed by atoms with Gasteiger partial charge in [0.2, 0.25) is 11.7 Å². The van der Waals surface area contributed by atoms with Gasteiger partial charge in [0.25, 0.3) is 5.56 Å². The maximum atomic E-state index is 11.7. The normalized spacial score (nSPS) is 10.7. The van der Waals surface area contributed by atoms with Gasteiger partial charge in [0.1, 0.15) is 0 Å². The van der Waals surface area contributed by atoms with Crippen molar-refractivity contribution >= 4 is 29.3 Å². The van der Waals surface area contributed by atoms with Crippen LogP contribution >= 0.6 is 23.4 Å². The van der Waals surface area contributed by atoms with E-state index in [1.165, 1.54) is 24.9 Å². The van der Waals surface area contributed by atoms with Gasteiger partial charge in [0, 0.05) is 16.7 Å². The van der Waals surface area contributed by atoms with Crippen LogP contribution in [0.2, 0.25) is 5.02 Å². The zero-order valence-corrected chi connectivity index (χ0v) is 15.1. The van der Waals surface area contributed by atoms with E-state index < -0.39 is 5.97 Å². The Kier molecular flexibility index (Phi) is 5.69. The van der Waals surface area contributed by atoms with Crippen molar-refractivity contribution in [2.24, 2.45) is 0 Å². The van der Waals surface area contributed by atoms with Gasteiger partial charge in [-0.15, -0.1) is 0 Å². The Bertz CT molecular complexity index is 971. The fraction of sp³-hybridized carbons (Fsp3) is 0.188. The van der Waals surface area contributed by atoms with Crippen LogP contribution in [0.25, 0.3) is 11.4 Å². The second-order valence-electron chi connectivity index (χ2n) is 5.10. The Labute approximate surface area is 156 Å². The lowest BCUT2D eigenvalue weighted by Crippen LogP contribution is -2.13. The van der Waals surface area contributed by atoms with Gasteiger partial charge in [-0.2, -0.15) is 4.98 Å². The van der Waals surface area contributed by atoms with E-state index in [0.717, 1.165) is 5.56 Å². The van der Waals surface area contributed by atoms with E-state index in [2.05, 4.69) is 24.8 Å². The van der Waals surface area contributed by atoms with Crippen LogP contribution in [-0.2, 0) is 21.7 Å².